The van der Waals surface area contributed by atoms with Crippen LogP contribution in [0.25, 0.3) is 0 Å². The summed E-state index contributed by atoms with van der Waals surface area (Å²) in [4.78, 5) is 23.9. The third kappa shape index (κ3) is 7.83. The van der Waals surface area contributed by atoms with Crippen LogP contribution in [0.5, 0.6) is 0 Å². The maximum Gasteiger partial charge on any atom is 0.305 e. The topological polar surface area (TPSA) is 58.6 Å². The molecule has 0 aliphatic rings. The summed E-state index contributed by atoms with van der Waals surface area (Å²) in [6.07, 6.45) is 6.05. The van der Waals surface area contributed by atoms with Crippen molar-refractivity contribution in [2.75, 3.05) is 33.8 Å². The van der Waals surface area contributed by atoms with Crippen LogP contribution in [0.4, 0.5) is 0 Å². The van der Waals surface area contributed by atoms with E-state index < -0.39 is 0 Å². The Balaban J connectivity index is 3.58. The van der Waals surface area contributed by atoms with Gasteiger partial charge in [-0.2, -0.15) is 0 Å². The third-order valence-corrected chi connectivity index (χ3v) is 1.95. The molecule has 0 unspecified atom stereocenters. The number of carbonyl (C=O) groups excluding carboxylic acids is 2. The van der Waals surface area contributed by atoms with Gasteiger partial charge >= 0.3 is 5.97 Å². The molecule has 0 aliphatic heterocycles. The standard InChI is InChI=1S/C11H18N2O3/c1-4-7-12-10(14)9-13(2)8-5-6-11(15)16-3/h1H,5-9H2,2-3H3,(H,12,14). The van der Waals surface area contributed by atoms with Gasteiger partial charge in [0.25, 0.3) is 0 Å². The molecule has 0 bridgehead atoms. The molecule has 16 heavy (non-hydrogen) atoms. The van der Waals surface area contributed by atoms with E-state index in [2.05, 4.69) is 16.0 Å². The van der Waals surface area contributed by atoms with Crippen LogP contribution in [-0.4, -0.2) is 50.6 Å². The first-order valence-electron chi connectivity index (χ1n) is 5.05. The fraction of sp³-hybridized carbons (Fsp3) is 0.636. The maximum absolute atomic E-state index is 11.2. The summed E-state index contributed by atoms with van der Waals surface area (Å²) in [5.41, 5.74) is 0. The van der Waals surface area contributed by atoms with Gasteiger partial charge in [0, 0.05) is 6.42 Å². The van der Waals surface area contributed by atoms with Gasteiger partial charge in [0.15, 0.2) is 0 Å². The fourth-order valence-electron chi connectivity index (χ4n) is 1.13. The van der Waals surface area contributed by atoms with E-state index in [0.29, 0.717) is 19.4 Å². The van der Waals surface area contributed by atoms with Gasteiger partial charge in [0.05, 0.1) is 20.2 Å². The minimum absolute atomic E-state index is 0.112. The summed E-state index contributed by atoms with van der Waals surface area (Å²) in [5, 5.41) is 2.57. The number of hydrogen-bond donors (Lipinski definition) is 1. The number of amides is 1. The van der Waals surface area contributed by atoms with E-state index >= 15 is 0 Å². The lowest BCUT2D eigenvalue weighted by molar-refractivity contribution is -0.140. The molecule has 0 fully saturated rings. The van der Waals surface area contributed by atoms with Crippen LogP contribution >= 0.6 is 0 Å². The average Bonchev–Trinajstić information content (AvgIpc) is 2.25. The van der Waals surface area contributed by atoms with Gasteiger partial charge in [-0.1, -0.05) is 5.92 Å². The van der Waals surface area contributed by atoms with Crippen molar-refractivity contribution in [1.29, 1.82) is 0 Å². The van der Waals surface area contributed by atoms with Crippen molar-refractivity contribution < 1.29 is 14.3 Å². The molecule has 5 heteroatoms. The van der Waals surface area contributed by atoms with Crippen LogP contribution < -0.4 is 5.32 Å². The highest BCUT2D eigenvalue weighted by atomic mass is 16.5. The predicted molar refractivity (Wildman–Crippen MR) is 60.6 cm³/mol. The third-order valence-electron chi connectivity index (χ3n) is 1.95. The Morgan fingerprint density at radius 2 is 2.19 bits per heavy atom. The van der Waals surface area contributed by atoms with Gasteiger partial charge in [-0.25, -0.2) is 0 Å². The smallest absolute Gasteiger partial charge is 0.305 e. The lowest BCUT2D eigenvalue weighted by Crippen LogP contribution is -2.35. The number of rotatable bonds is 7. The zero-order valence-electron chi connectivity index (χ0n) is 9.78. The second-order valence-corrected chi connectivity index (χ2v) is 3.40. The number of likely N-dealkylation sites (N-methyl/N-ethyl adjacent to an activating group) is 1. The monoisotopic (exact) mass is 226 g/mol. The van der Waals surface area contributed by atoms with E-state index in [0.717, 1.165) is 0 Å². The number of ether oxygens (including phenoxy) is 1. The highest BCUT2D eigenvalue weighted by Gasteiger charge is 2.06. The van der Waals surface area contributed by atoms with Crippen LogP contribution in [0, 0.1) is 12.3 Å². The van der Waals surface area contributed by atoms with Crippen molar-refractivity contribution in [2.24, 2.45) is 0 Å². The van der Waals surface area contributed by atoms with E-state index in [1.807, 2.05) is 11.9 Å². The summed E-state index contributed by atoms with van der Waals surface area (Å²) >= 11 is 0. The summed E-state index contributed by atoms with van der Waals surface area (Å²) in [7, 11) is 3.17. The zero-order chi connectivity index (χ0) is 12.4. The van der Waals surface area contributed by atoms with Crippen molar-refractivity contribution >= 4 is 11.9 Å². The maximum atomic E-state index is 11.2. The zero-order valence-corrected chi connectivity index (χ0v) is 9.78. The van der Waals surface area contributed by atoms with Crippen molar-refractivity contribution in [2.45, 2.75) is 12.8 Å². The van der Waals surface area contributed by atoms with E-state index in [9.17, 15) is 9.59 Å². The molecule has 0 rings (SSSR count). The lowest BCUT2D eigenvalue weighted by atomic mass is 10.3. The molecule has 0 spiro atoms. The SMILES string of the molecule is C#CCNC(=O)CN(C)CCCC(=O)OC. The second-order valence-electron chi connectivity index (χ2n) is 3.40. The van der Waals surface area contributed by atoms with E-state index in [-0.39, 0.29) is 25.0 Å². The number of terminal acetylenes is 1. The van der Waals surface area contributed by atoms with Crippen LogP contribution in [0.3, 0.4) is 0 Å². The first kappa shape index (κ1) is 14.5. The number of hydrogen-bond acceptors (Lipinski definition) is 4. The highest BCUT2D eigenvalue weighted by molar-refractivity contribution is 5.78. The molecule has 0 aromatic rings. The van der Waals surface area contributed by atoms with Gasteiger partial charge in [-0.05, 0) is 20.0 Å². The molecule has 0 saturated heterocycles. The lowest BCUT2D eigenvalue weighted by Gasteiger charge is -2.15. The van der Waals surface area contributed by atoms with Crippen LogP contribution in [0.1, 0.15) is 12.8 Å². The minimum atomic E-state index is -0.231. The first-order chi connectivity index (χ1) is 7.60. The molecule has 0 aromatic heterocycles. The van der Waals surface area contributed by atoms with Gasteiger partial charge in [-0.3, -0.25) is 14.5 Å². The Labute approximate surface area is 96.1 Å². The number of nitrogens with one attached hydrogen (secondary N) is 1. The van der Waals surface area contributed by atoms with Gasteiger partial charge in [-0.15, -0.1) is 6.42 Å². The fourth-order valence-corrected chi connectivity index (χ4v) is 1.13. The second kappa shape index (κ2) is 8.74. The molecule has 0 heterocycles. The number of carbonyl (C=O) groups is 2. The number of esters is 1. The Bertz CT molecular complexity index is 271. The van der Waals surface area contributed by atoms with Crippen molar-refractivity contribution in [3.8, 4) is 12.3 Å². The summed E-state index contributed by atoms with van der Waals surface area (Å²) in [6.45, 7) is 1.19. The molecule has 1 N–H and O–H groups in total. The quantitative estimate of drug-likeness (QED) is 0.475. The van der Waals surface area contributed by atoms with Gasteiger partial charge in [0.2, 0.25) is 5.91 Å². The van der Waals surface area contributed by atoms with E-state index in [1.54, 1.807) is 0 Å². The van der Waals surface area contributed by atoms with E-state index in [1.165, 1.54) is 7.11 Å². The molecule has 0 aromatic carbocycles. The van der Waals surface area contributed by atoms with Gasteiger partial charge in [0.1, 0.15) is 0 Å². The minimum Gasteiger partial charge on any atom is -0.469 e. The number of methoxy groups -OCH3 is 1. The Morgan fingerprint density at radius 1 is 1.50 bits per heavy atom. The van der Waals surface area contributed by atoms with Crippen molar-refractivity contribution in [3.63, 3.8) is 0 Å². The Kier molecular flexibility index (Phi) is 7.90. The molecule has 0 aliphatic carbocycles. The van der Waals surface area contributed by atoms with Crippen molar-refractivity contribution in [3.05, 3.63) is 0 Å². The largest absolute Gasteiger partial charge is 0.469 e. The average molecular weight is 226 g/mol. The molecule has 0 radical (unpaired) electrons. The molecule has 0 saturated carbocycles. The highest BCUT2D eigenvalue weighted by Crippen LogP contribution is 1.94. The number of nitrogens with zero attached hydrogens (tertiary/aromatic N) is 1. The molecular weight excluding hydrogens is 208 g/mol. The van der Waals surface area contributed by atoms with Crippen LogP contribution in [0.2, 0.25) is 0 Å². The molecule has 1 amide bonds. The Hall–Kier alpha value is -1.54. The summed E-state index contributed by atoms with van der Waals surface area (Å²) in [6, 6.07) is 0. The van der Waals surface area contributed by atoms with Crippen LogP contribution in [0.15, 0.2) is 0 Å². The predicted octanol–water partition coefficient (Wildman–Crippen LogP) is -0.379. The van der Waals surface area contributed by atoms with E-state index in [4.69, 9.17) is 6.42 Å². The van der Waals surface area contributed by atoms with Crippen LogP contribution in [-0.2, 0) is 14.3 Å². The molecule has 5 nitrogen and oxygen atoms in total. The summed E-state index contributed by atoms with van der Waals surface area (Å²) in [5.74, 6) is 1.98. The molecular formula is C11H18N2O3. The molecule has 0 atom stereocenters. The van der Waals surface area contributed by atoms with Crippen molar-refractivity contribution in [1.82, 2.24) is 10.2 Å². The first-order valence-corrected chi connectivity index (χ1v) is 5.05. The summed E-state index contributed by atoms with van der Waals surface area (Å²) < 4.78 is 4.51. The Morgan fingerprint density at radius 3 is 2.75 bits per heavy atom. The molecule has 90 valence electrons. The normalized spacial score (nSPS) is 9.62. The van der Waals surface area contributed by atoms with Gasteiger partial charge < -0.3 is 10.1 Å².